The van der Waals surface area contributed by atoms with Crippen LogP contribution in [0.1, 0.15) is 25.7 Å². The highest BCUT2D eigenvalue weighted by Crippen LogP contribution is 2.16. The van der Waals surface area contributed by atoms with E-state index in [1.54, 1.807) is 17.0 Å². The van der Waals surface area contributed by atoms with Crippen LogP contribution in [-0.4, -0.2) is 48.9 Å². The third-order valence-corrected chi connectivity index (χ3v) is 4.09. The molecule has 1 aromatic carbocycles. The van der Waals surface area contributed by atoms with Crippen LogP contribution in [0.2, 0.25) is 0 Å². The SMILES string of the molecule is O=C(NCCCCOc1ccc(F)cc1)N1CCC(CO)CC1. The second-order valence-corrected chi connectivity index (χ2v) is 5.85. The van der Waals surface area contributed by atoms with Crippen molar-refractivity contribution in [2.45, 2.75) is 25.7 Å². The van der Waals surface area contributed by atoms with Crippen LogP contribution in [0.5, 0.6) is 5.75 Å². The third kappa shape index (κ3) is 6.06. The van der Waals surface area contributed by atoms with Gasteiger partial charge in [0.05, 0.1) is 6.61 Å². The number of rotatable bonds is 7. The van der Waals surface area contributed by atoms with Crippen molar-refractivity contribution in [1.82, 2.24) is 10.2 Å². The van der Waals surface area contributed by atoms with E-state index in [-0.39, 0.29) is 18.5 Å². The molecule has 0 atom stereocenters. The number of aliphatic hydroxyl groups is 1. The van der Waals surface area contributed by atoms with Gasteiger partial charge < -0.3 is 20.1 Å². The van der Waals surface area contributed by atoms with Crippen LogP contribution in [0.25, 0.3) is 0 Å². The first-order chi connectivity index (χ1) is 11.2. The van der Waals surface area contributed by atoms with Gasteiger partial charge in [0, 0.05) is 26.2 Å². The first kappa shape index (κ1) is 17.5. The van der Waals surface area contributed by atoms with Gasteiger partial charge in [-0.05, 0) is 55.9 Å². The molecule has 1 fully saturated rings. The largest absolute Gasteiger partial charge is 0.494 e. The van der Waals surface area contributed by atoms with E-state index in [1.165, 1.54) is 12.1 Å². The summed E-state index contributed by atoms with van der Waals surface area (Å²) in [5.74, 6) is 0.716. The van der Waals surface area contributed by atoms with Crippen molar-refractivity contribution >= 4 is 6.03 Å². The molecule has 0 bridgehead atoms. The Morgan fingerprint density at radius 3 is 2.61 bits per heavy atom. The van der Waals surface area contributed by atoms with Crippen LogP contribution in [0.15, 0.2) is 24.3 Å². The number of nitrogens with zero attached hydrogens (tertiary/aromatic N) is 1. The topological polar surface area (TPSA) is 61.8 Å². The first-order valence-corrected chi connectivity index (χ1v) is 8.21. The van der Waals surface area contributed by atoms with Gasteiger partial charge in [-0.25, -0.2) is 9.18 Å². The van der Waals surface area contributed by atoms with Crippen molar-refractivity contribution in [3.05, 3.63) is 30.1 Å². The van der Waals surface area contributed by atoms with Crippen LogP contribution in [0.3, 0.4) is 0 Å². The Kier molecular flexibility index (Phi) is 7.13. The average Bonchev–Trinajstić information content (AvgIpc) is 2.59. The Balaban J connectivity index is 1.52. The molecule has 0 aromatic heterocycles. The minimum absolute atomic E-state index is 0.0270. The van der Waals surface area contributed by atoms with E-state index in [1.807, 2.05) is 0 Å². The highest BCUT2D eigenvalue weighted by atomic mass is 19.1. The van der Waals surface area contributed by atoms with Gasteiger partial charge >= 0.3 is 6.03 Å². The number of amides is 2. The smallest absolute Gasteiger partial charge is 0.317 e. The molecule has 0 spiro atoms. The molecule has 0 saturated carbocycles. The first-order valence-electron chi connectivity index (χ1n) is 8.21. The lowest BCUT2D eigenvalue weighted by Gasteiger charge is -2.31. The molecule has 1 aliphatic rings. The number of halogens is 1. The molecule has 0 aliphatic carbocycles. The quantitative estimate of drug-likeness (QED) is 0.757. The Morgan fingerprint density at radius 1 is 1.26 bits per heavy atom. The van der Waals surface area contributed by atoms with Gasteiger partial charge in [-0.3, -0.25) is 0 Å². The summed E-state index contributed by atoms with van der Waals surface area (Å²) in [6.07, 6.45) is 3.40. The van der Waals surface area contributed by atoms with E-state index >= 15 is 0 Å². The molecule has 2 N–H and O–H groups in total. The number of nitrogens with one attached hydrogen (secondary N) is 1. The summed E-state index contributed by atoms with van der Waals surface area (Å²) >= 11 is 0. The van der Waals surface area contributed by atoms with Gasteiger partial charge in [-0.1, -0.05) is 0 Å². The zero-order valence-electron chi connectivity index (χ0n) is 13.3. The number of benzene rings is 1. The Labute approximate surface area is 136 Å². The van der Waals surface area contributed by atoms with Gasteiger partial charge in [-0.15, -0.1) is 0 Å². The maximum Gasteiger partial charge on any atom is 0.317 e. The molecule has 0 unspecified atom stereocenters. The van der Waals surface area contributed by atoms with Gasteiger partial charge in [0.1, 0.15) is 11.6 Å². The predicted octanol–water partition coefficient (Wildman–Crippen LogP) is 2.40. The number of hydrogen-bond donors (Lipinski definition) is 2. The summed E-state index contributed by atoms with van der Waals surface area (Å²) in [5, 5.41) is 12.0. The minimum atomic E-state index is -0.275. The molecule has 1 heterocycles. The number of aliphatic hydroxyl groups excluding tert-OH is 1. The number of unbranched alkanes of at least 4 members (excludes halogenated alkanes) is 1. The van der Waals surface area contributed by atoms with E-state index in [0.29, 0.717) is 37.9 Å². The average molecular weight is 324 g/mol. The summed E-state index contributed by atoms with van der Waals surface area (Å²) < 4.78 is 18.2. The zero-order chi connectivity index (χ0) is 16.5. The van der Waals surface area contributed by atoms with E-state index in [0.717, 1.165) is 25.7 Å². The minimum Gasteiger partial charge on any atom is -0.494 e. The molecule has 2 amide bonds. The number of carbonyl (C=O) groups excluding carboxylic acids is 1. The van der Waals surface area contributed by atoms with Gasteiger partial charge in [0.2, 0.25) is 0 Å². The van der Waals surface area contributed by atoms with Crippen molar-refractivity contribution in [3.63, 3.8) is 0 Å². The fraction of sp³-hybridized carbons (Fsp3) is 0.588. The van der Waals surface area contributed by atoms with E-state index in [4.69, 9.17) is 9.84 Å². The molecule has 6 heteroatoms. The number of urea groups is 1. The van der Waals surface area contributed by atoms with Crippen LogP contribution in [0, 0.1) is 11.7 Å². The number of carbonyl (C=O) groups is 1. The molecule has 1 saturated heterocycles. The van der Waals surface area contributed by atoms with E-state index in [9.17, 15) is 9.18 Å². The summed E-state index contributed by atoms with van der Waals surface area (Å²) in [6.45, 7) is 2.80. The second kappa shape index (κ2) is 9.35. The maximum atomic E-state index is 12.7. The number of likely N-dealkylation sites (tertiary alicyclic amines) is 1. The monoisotopic (exact) mass is 324 g/mol. The molecule has 2 rings (SSSR count). The lowest BCUT2D eigenvalue weighted by atomic mass is 9.98. The molecule has 0 radical (unpaired) electrons. The third-order valence-electron chi connectivity index (χ3n) is 4.09. The second-order valence-electron chi connectivity index (χ2n) is 5.85. The van der Waals surface area contributed by atoms with Crippen LogP contribution >= 0.6 is 0 Å². The lowest BCUT2D eigenvalue weighted by Crippen LogP contribution is -2.45. The maximum absolute atomic E-state index is 12.7. The number of piperidine rings is 1. The van der Waals surface area contributed by atoms with Crippen molar-refractivity contribution in [2.24, 2.45) is 5.92 Å². The Hall–Kier alpha value is -1.82. The van der Waals surface area contributed by atoms with Crippen molar-refractivity contribution in [2.75, 3.05) is 32.8 Å². The van der Waals surface area contributed by atoms with Gasteiger partial charge in [0.25, 0.3) is 0 Å². The van der Waals surface area contributed by atoms with Gasteiger partial charge in [0.15, 0.2) is 0 Å². The fourth-order valence-electron chi connectivity index (χ4n) is 2.57. The van der Waals surface area contributed by atoms with Gasteiger partial charge in [-0.2, -0.15) is 0 Å². The number of hydrogen-bond acceptors (Lipinski definition) is 3. The molecule has 5 nitrogen and oxygen atoms in total. The summed E-state index contributed by atoms with van der Waals surface area (Å²) in [5.41, 5.74) is 0. The predicted molar refractivity (Wildman–Crippen MR) is 85.9 cm³/mol. The lowest BCUT2D eigenvalue weighted by molar-refractivity contribution is 0.137. The standard InChI is InChI=1S/C17H25FN2O3/c18-15-3-5-16(6-4-15)23-12-2-1-9-19-17(22)20-10-7-14(13-21)8-11-20/h3-6,14,21H,1-2,7-13H2,(H,19,22). The highest BCUT2D eigenvalue weighted by molar-refractivity contribution is 5.74. The Morgan fingerprint density at radius 2 is 1.96 bits per heavy atom. The van der Waals surface area contributed by atoms with Crippen LogP contribution < -0.4 is 10.1 Å². The van der Waals surface area contributed by atoms with E-state index in [2.05, 4.69) is 5.32 Å². The van der Waals surface area contributed by atoms with Crippen molar-refractivity contribution < 1.29 is 19.0 Å². The summed E-state index contributed by atoms with van der Waals surface area (Å²) in [7, 11) is 0. The van der Waals surface area contributed by atoms with Crippen LogP contribution in [-0.2, 0) is 0 Å². The highest BCUT2D eigenvalue weighted by Gasteiger charge is 2.21. The van der Waals surface area contributed by atoms with Crippen LogP contribution in [0.4, 0.5) is 9.18 Å². The van der Waals surface area contributed by atoms with Crippen molar-refractivity contribution in [1.29, 1.82) is 0 Å². The molecule has 128 valence electrons. The molecule has 1 aromatic rings. The van der Waals surface area contributed by atoms with E-state index < -0.39 is 0 Å². The normalized spacial score (nSPS) is 15.5. The van der Waals surface area contributed by atoms with Crippen molar-refractivity contribution in [3.8, 4) is 5.75 Å². The molecule has 23 heavy (non-hydrogen) atoms. The molecular formula is C17H25FN2O3. The number of ether oxygens (including phenoxy) is 1. The zero-order valence-corrected chi connectivity index (χ0v) is 13.3. The summed E-state index contributed by atoms with van der Waals surface area (Å²) in [4.78, 5) is 13.8. The fourth-order valence-corrected chi connectivity index (χ4v) is 2.57. The molecule has 1 aliphatic heterocycles. The Bertz CT molecular complexity index is 473. The molecular weight excluding hydrogens is 299 g/mol. The summed E-state index contributed by atoms with van der Waals surface area (Å²) in [6, 6.07) is 5.92.